The molecule has 0 aliphatic carbocycles. The molecule has 3 N–H and O–H groups in total. The molecular weight excluding hydrogens is 198 g/mol. The van der Waals surface area contributed by atoms with E-state index in [-0.39, 0.29) is 5.69 Å². The van der Waals surface area contributed by atoms with Gasteiger partial charge in [-0.3, -0.25) is 10.1 Å². The van der Waals surface area contributed by atoms with Crippen LogP contribution in [0.4, 0.5) is 5.69 Å². The zero-order valence-corrected chi connectivity index (χ0v) is 7.80. The number of H-pyrrole nitrogens is 1. The fourth-order valence-electron chi connectivity index (χ4n) is 1.29. The first kappa shape index (κ1) is 9.53. The van der Waals surface area contributed by atoms with Crippen LogP contribution in [0, 0.1) is 10.1 Å². The van der Waals surface area contributed by atoms with Crippen LogP contribution in [0.15, 0.2) is 12.3 Å². The molecule has 7 nitrogen and oxygen atoms in total. The number of nitrogens with one attached hydrogen (secondary N) is 1. The maximum absolute atomic E-state index is 10.5. The maximum Gasteiger partial charge on any atom is 0.289 e. The van der Waals surface area contributed by atoms with Crippen LogP contribution in [-0.2, 0) is 6.42 Å². The van der Waals surface area contributed by atoms with Crippen molar-refractivity contribution in [2.45, 2.75) is 6.42 Å². The van der Waals surface area contributed by atoms with Crippen LogP contribution in [0.3, 0.4) is 0 Å². The second-order valence-corrected chi connectivity index (χ2v) is 3.04. The van der Waals surface area contributed by atoms with Gasteiger partial charge in [0.2, 0.25) is 0 Å². The van der Waals surface area contributed by atoms with Gasteiger partial charge in [0.15, 0.2) is 5.65 Å². The van der Waals surface area contributed by atoms with E-state index in [4.69, 9.17) is 5.73 Å². The van der Waals surface area contributed by atoms with Gasteiger partial charge in [0.25, 0.3) is 5.69 Å². The first-order chi connectivity index (χ1) is 7.20. The van der Waals surface area contributed by atoms with E-state index in [1.165, 1.54) is 12.3 Å². The van der Waals surface area contributed by atoms with Crippen LogP contribution in [0.1, 0.15) is 5.82 Å². The van der Waals surface area contributed by atoms with E-state index in [2.05, 4.69) is 15.0 Å². The summed E-state index contributed by atoms with van der Waals surface area (Å²) in [6.45, 7) is 0.474. The molecule has 0 saturated carbocycles. The van der Waals surface area contributed by atoms with Crippen LogP contribution in [-0.4, -0.2) is 26.4 Å². The predicted molar refractivity (Wildman–Crippen MR) is 53.3 cm³/mol. The summed E-state index contributed by atoms with van der Waals surface area (Å²) in [6, 6.07) is 1.41. The average Bonchev–Trinajstić information content (AvgIpc) is 2.59. The van der Waals surface area contributed by atoms with Crippen molar-refractivity contribution in [3.8, 4) is 0 Å². The van der Waals surface area contributed by atoms with E-state index in [1.54, 1.807) is 0 Å². The Morgan fingerprint density at radius 1 is 1.60 bits per heavy atom. The molecule has 7 heteroatoms. The van der Waals surface area contributed by atoms with E-state index in [9.17, 15) is 10.1 Å². The highest BCUT2D eigenvalue weighted by molar-refractivity contribution is 5.72. The van der Waals surface area contributed by atoms with E-state index >= 15 is 0 Å². The lowest BCUT2D eigenvalue weighted by molar-refractivity contribution is -0.385. The van der Waals surface area contributed by atoms with E-state index in [0.717, 1.165) is 0 Å². The lowest BCUT2D eigenvalue weighted by Crippen LogP contribution is -2.03. The highest BCUT2D eigenvalue weighted by Crippen LogP contribution is 2.16. The molecule has 0 amide bonds. The molecule has 2 aromatic heterocycles. The maximum atomic E-state index is 10.5. The van der Waals surface area contributed by atoms with Gasteiger partial charge in [-0.2, -0.15) is 0 Å². The Morgan fingerprint density at radius 2 is 2.40 bits per heavy atom. The third kappa shape index (κ3) is 1.77. The first-order valence-corrected chi connectivity index (χ1v) is 4.40. The van der Waals surface area contributed by atoms with Gasteiger partial charge in [-0.05, 0) is 6.54 Å². The zero-order valence-electron chi connectivity index (χ0n) is 7.80. The van der Waals surface area contributed by atoms with Crippen LogP contribution >= 0.6 is 0 Å². The number of rotatable bonds is 3. The first-order valence-electron chi connectivity index (χ1n) is 4.40. The number of imidazole rings is 1. The number of nitrogens with zero attached hydrogens (tertiary/aromatic N) is 3. The summed E-state index contributed by atoms with van der Waals surface area (Å²) >= 11 is 0. The standard InChI is InChI=1S/C8H9N5O2/c9-2-1-7-11-6-3-5(13(14)15)4-10-8(6)12-7/h3-4H,1-2,9H2,(H,10,11,12). The number of aromatic nitrogens is 3. The molecule has 15 heavy (non-hydrogen) atoms. The molecule has 0 radical (unpaired) electrons. The molecular formula is C8H9N5O2. The monoisotopic (exact) mass is 207 g/mol. The molecule has 0 bridgehead atoms. The third-order valence-corrected chi connectivity index (χ3v) is 1.96. The molecule has 0 spiro atoms. The summed E-state index contributed by atoms with van der Waals surface area (Å²) in [5, 5.41) is 10.5. The van der Waals surface area contributed by atoms with Crippen LogP contribution in [0.2, 0.25) is 0 Å². The SMILES string of the molecule is NCCc1nc2ncc([N+](=O)[O-])cc2[nH]1. The van der Waals surface area contributed by atoms with Gasteiger partial charge >= 0.3 is 0 Å². The smallest absolute Gasteiger partial charge is 0.289 e. The van der Waals surface area contributed by atoms with Crippen LogP contribution < -0.4 is 5.73 Å². The normalized spacial score (nSPS) is 10.7. The van der Waals surface area contributed by atoms with Crippen molar-refractivity contribution in [2.75, 3.05) is 6.54 Å². The topological polar surface area (TPSA) is 111 Å². The van der Waals surface area contributed by atoms with Crippen molar-refractivity contribution >= 4 is 16.9 Å². The fourth-order valence-corrected chi connectivity index (χ4v) is 1.29. The molecule has 2 heterocycles. The van der Waals surface area contributed by atoms with Gasteiger partial charge in [-0.15, -0.1) is 0 Å². The summed E-state index contributed by atoms with van der Waals surface area (Å²) < 4.78 is 0. The van der Waals surface area contributed by atoms with Crippen molar-refractivity contribution < 1.29 is 4.92 Å². The van der Waals surface area contributed by atoms with Crippen molar-refractivity contribution in [2.24, 2.45) is 5.73 Å². The molecule has 0 saturated heterocycles. The number of aromatic amines is 1. The summed E-state index contributed by atoms with van der Waals surface area (Å²) in [6.07, 6.45) is 1.79. The van der Waals surface area contributed by atoms with Crippen molar-refractivity contribution in [3.05, 3.63) is 28.2 Å². The number of hydrogen-bond acceptors (Lipinski definition) is 5. The number of fused-ring (bicyclic) bond motifs is 1. The van der Waals surface area contributed by atoms with Crippen molar-refractivity contribution in [1.29, 1.82) is 0 Å². The van der Waals surface area contributed by atoms with Crippen LogP contribution in [0.5, 0.6) is 0 Å². The fraction of sp³-hybridized carbons (Fsp3) is 0.250. The summed E-state index contributed by atoms with van der Waals surface area (Å²) in [5.74, 6) is 0.695. The Balaban J connectivity index is 2.47. The Kier molecular flexibility index (Phi) is 2.30. The molecule has 2 rings (SSSR count). The minimum absolute atomic E-state index is 0.0505. The quantitative estimate of drug-likeness (QED) is 0.557. The van der Waals surface area contributed by atoms with Crippen molar-refractivity contribution in [1.82, 2.24) is 15.0 Å². The molecule has 0 aliphatic heterocycles. The van der Waals surface area contributed by atoms with Gasteiger partial charge in [0.05, 0.1) is 10.4 Å². The number of pyridine rings is 1. The summed E-state index contributed by atoms with van der Waals surface area (Å²) in [7, 11) is 0. The average molecular weight is 207 g/mol. The Morgan fingerprint density at radius 3 is 3.07 bits per heavy atom. The minimum Gasteiger partial charge on any atom is -0.340 e. The Bertz CT molecular complexity index is 507. The lowest BCUT2D eigenvalue weighted by atomic mass is 10.4. The van der Waals surface area contributed by atoms with Crippen molar-refractivity contribution in [3.63, 3.8) is 0 Å². The van der Waals surface area contributed by atoms with E-state index in [1.807, 2.05) is 0 Å². The molecule has 78 valence electrons. The molecule has 0 aliphatic rings. The largest absolute Gasteiger partial charge is 0.340 e. The number of nitrogens with two attached hydrogens (primary N) is 1. The van der Waals surface area contributed by atoms with Gasteiger partial charge in [-0.25, -0.2) is 9.97 Å². The van der Waals surface area contributed by atoms with Gasteiger partial charge in [0.1, 0.15) is 12.0 Å². The zero-order chi connectivity index (χ0) is 10.8. The van der Waals surface area contributed by atoms with Crippen LogP contribution in [0.25, 0.3) is 11.2 Å². The second-order valence-electron chi connectivity index (χ2n) is 3.04. The van der Waals surface area contributed by atoms with E-state index in [0.29, 0.717) is 30.0 Å². The van der Waals surface area contributed by atoms with Gasteiger partial charge in [-0.1, -0.05) is 0 Å². The molecule has 2 aromatic rings. The molecule has 0 unspecified atom stereocenters. The number of hydrogen-bond donors (Lipinski definition) is 2. The third-order valence-electron chi connectivity index (χ3n) is 1.96. The molecule has 0 aromatic carbocycles. The summed E-state index contributed by atoms with van der Waals surface area (Å²) in [4.78, 5) is 20.9. The molecule has 0 fully saturated rings. The summed E-state index contributed by atoms with van der Waals surface area (Å²) in [5.41, 5.74) is 6.36. The van der Waals surface area contributed by atoms with Gasteiger partial charge in [0, 0.05) is 12.5 Å². The minimum atomic E-state index is -0.490. The number of nitro groups is 1. The Labute approximate surface area is 84.5 Å². The highest BCUT2D eigenvalue weighted by Gasteiger charge is 2.10. The highest BCUT2D eigenvalue weighted by atomic mass is 16.6. The Hall–Kier alpha value is -2.02. The van der Waals surface area contributed by atoms with Gasteiger partial charge < -0.3 is 10.7 Å². The van der Waals surface area contributed by atoms with E-state index < -0.39 is 4.92 Å². The molecule has 0 atom stereocenters. The lowest BCUT2D eigenvalue weighted by Gasteiger charge is -1.89. The second kappa shape index (κ2) is 3.62. The predicted octanol–water partition coefficient (Wildman–Crippen LogP) is 0.367.